The van der Waals surface area contributed by atoms with Crippen LogP contribution in [0.25, 0.3) is 0 Å². The van der Waals surface area contributed by atoms with Crippen LogP contribution in [0.15, 0.2) is 18.2 Å². The summed E-state index contributed by atoms with van der Waals surface area (Å²) in [6, 6.07) is 6.57. The SMILES string of the molecule is Cc1cccc(C(C)C)c1N1CCCC(ON)C1. The molecule has 1 saturated heterocycles. The van der Waals surface area contributed by atoms with Crippen LogP contribution in [0.5, 0.6) is 0 Å². The summed E-state index contributed by atoms with van der Waals surface area (Å²) in [5.41, 5.74) is 4.15. The van der Waals surface area contributed by atoms with E-state index in [1.165, 1.54) is 16.8 Å². The van der Waals surface area contributed by atoms with Gasteiger partial charge in [0.15, 0.2) is 0 Å². The first kappa shape index (κ1) is 13.4. The Morgan fingerprint density at radius 1 is 1.39 bits per heavy atom. The van der Waals surface area contributed by atoms with E-state index in [4.69, 9.17) is 10.7 Å². The minimum Gasteiger partial charge on any atom is -0.368 e. The van der Waals surface area contributed by atoms with E-state index < -0.39 is 0 Å². The third kappa shape index (κ3) is 2.68. The summed E-state index contributed by atoms with van der Waals surface area (Å²) in [6.45, 7) is 8.69. The van der Waals surface area contributed by atoms with Crippen LogP contribution < -0.4 is 10.8 Å². The molecule has 18 heavy (non-hydrogen) atoms. The van der Waals surface area contributed by atoms with Gasteiger partial charge in [0.2, 0.25) is 0 Å². The fourth-order valence-corrected chi connectivity index (χ4v) is 2.83. The number of rotatable bonds is 3. The van der Waals surface area contributed by atoms with Crippen molar-refractivity contribution >= 4 is 5.69 Å². The zero-order chi connectivity index (χ0) is 13.1. The minimum atomic E-state index is 0.165. The van der Waals surface area contributed by atoms with E-state index in [1.54, 1.807) is 0 Å². The maximum absolute atomic E-state index is 5.35. The second kappa shape index (κ2) is 5.72. The van der Waals surface area contributed by atoms with Gasteiger partial charge >= 0.3 is 0 Å². The van der Waals surface area contributed by atoms with Gasteiger partial charge in [0.05, 0.1) is 6.10 Å². The molecule has 2 N–H and O–H groups in total. The normalized spacial score (nSPS) is 20.5. The van der Waals surface area contributed by atoms with Crippen molar-refractivity contribution in [3.8, 4) is 0 Å². The predicted octanol–water partition coefficient (Wildman–Crippen LogP) is 2.98. The summed E-state index contributed by atoms with van der Waals surface area (Å²) in [4.78, 5) is 7.48. The van der Waals surface area contributed by atoms with Crippen molar-refractivity contribution in [3.63, 3.8) is 0 Å². The predicted molar refractivity (Wildman–Crippen MR) is 75.8 cm³/mol. The van der Waals surface area contributed by atoms with Gasteiger partial charge in [-0.1, -0.05) is 32.0 Å². The van der Waals surface area contributed by atoms with Crippen molar-refractivity contribution in [2.24, 2.45) is 5.90 Å². The molecule has 3 heteroatoms. The van der Waals surface area contributed by atoms with Crippen LogP contribution in [-0.4, -0.2) is 19.2 Å². The number of piperidine rings is 1. The molecule has 1 aromatic rings. The Kier molecular flexibility index (Phi) is 4.25. The maximum Gasteiger partial charge on any atom is 0.0962 e. The third-order valence-electron chi connectivity index (χ3n) is 3.78. The molecule has 0 aliphatic carbocycles. The number of para-hydroxylation sites is 1. The Bertz CT molecular complexity index is 403. The number of anilines is 1. The van der Waals surface area contributed by atoms with E-state index in [9.17, 15) is 0 Å². The Morgan fingerprint density at radius 3 is 2.83 bits per heavy atom. The van der Waals surface area contributed by atoms with Crippen molar-refractivity contribution in [2.75, 3.05) is 18.0 Å². The standard InChI is InChI=1S/C15H24N2O/c1-11(2)14-8-4-6-12(3)15(14)17-9-5-7-13(10-17)18-16/h4,6,8,11,13H,5,7,9-10,16H2,1-3H3. The van der Waals surface area contributed by atoms with Gasteiger partial charge in [-0.05, 0) is 36.8 Å². The first-order valence-electron chi connectivity index (χ1n) is 6.83. The fraction of sp³-hybridized carbons (Fsp3) is 0.600. The van der Waals surface area contributed by atoms with Gasteiger partial charge in [-0.25, -0.2) is 5.90 Å². The van der Waals surface area contributed by atoms with Crippen molar-refractivity contribution in [1.29, 1.82) is 0 Å². The lowest BCUT2D eigenvalue weighted by atomic mass is 9.95. The highest BCUT2D eigenvalue weighted by molar-refractivity contribution is 5.60. The van der Waals surface area contributed by atoms with Gasteiger partial charge in [0.1, 0.15) is 0 Å². The second-order valence-corrected chi connectivity index (χ2v) is 5.51. The molecular weight excluding hydrogens is 224 g/mol. The second-order valence-electron chi connectivity index (χ2n) is 5.51. The van der Waals surface area contributed by atoms with E-state index >= 15 is 0 Å². The average molecular weight is 248 g/mol. The summed E-state index contributed by atoms with van der Waals surface area (Å²) >= 11 is 0. The summed E-state index contributed by atoms with van der Waals surface area (Å²) < 4.78 is 0. The number of benzene rings is 1. The monoisotopic (exact) mass is 248 g/mol. The van der Waals surface area contributed by atoms with Crippen molar-refractivity contribution in [3.05, 3.63) is 29.3 Å². The lowest BCUT2D eigenvalue weighted by Crippen LogP contribution is -2.41. The Morgan fingerprint density at radius 2 is 2.17 bits per heavy atom. The van der Waals surface area contributed by atoms with Crippen LogP contribution in [0.3, 0.4) is 0 Å². The number of hydrogen-bond donors (Lipinski definition) is 1. The molecule has 1 fully saturated rings. The summed E-state index contributed by atoms with van der Waals surface area (Å²) in [6.07, 6.45) is 2.38. The van der Waals surface area contributed by atoms with Gasteiger partial charge in [-0.2, -0.15) is 0 Å². The highest BCUT2D eigenvalue weighted by Gasteiger charge is 2.23. The molecule has 1 unspecified atom stereocenters. The number of nitrogens with zero attached hydrogens (tertiary/aromatic N) is 1. The number of aryl methyl sites for hydroxylation is 1. The molecule has 100 valence electrons. The minimum absolute atomic E-state index is 0.165. The summed E-state index contributed by atoms with van der Waals surface area (Å²) in [7, 11) is 0. The van der Waals surface area contributed by atoms with Gasteiger partial charge in [-0.15, -0.1) is 0 Å². The van der Waals surface area contributed by atoms with E-state index in [0.717, 1.165) is 25.9 Å². The molecule has 1 heterocycles. The lowest BCUT2D eigenvalue weighted by molar-refractivity contribution is 0.0434. The molecule has 1 aliphatic heterocycles. The van der Waals surface area contributed by atoms with E-state index in [2.05, 4.69) is 43.9 Å². The van der Waals surface area contributed by atoms with Crippen LogP contribution in [0.4, 0.5) is 5.69 Å². The fourth-order valence-electron chi connectivity index (χ4n) is 2.83. The zero-order valence-electron chi connectivity index (χ0n) is 11.6. The topological polar surface area (TPSA) is 38.5 Å². The van der Waals surface area contributed by atoms with Crippen LogP contribution in [0.1, 0.15) is 43.7 Å². The van der Waals surface area contributed by atoms with Crippen molar-refractivity contribution < 1.29 is 4.84 Å². The number of nitrogens with two attached hydrogens (primary N) is 1. The third-order valence-corrected chi connectivity index (χ3v) is 3.78. The van der Waals surface area contributed by atoms with Gasteiger partial charge in [0.25, 0.3) is 0 Å². The molecule has 3 nitrogen and oxygen atoms in total. The number of hydrogen-bond acceptors (Lipinski definition) is 3. The van der Waals surface area contributed by atoms with Crippen LogP contribution in [0.2, 0.25) is 0 Å². The van der Waals surface area contributed by atoms with E-state index in [1.807, 2.05) is 0 Å². The molecule has 0 bridgehead atoms. The van der Waals surface area contributed by atoms with Crippen LogP contribution >= 0.6 is 0 Å². The highest BCUT2D eigenvalue weighted by Crippen LogP contribution is 2.32. The lowest BCUT2D eigenvalue weighted by Gasteiger charge is -2.36. The molecule has 0 radical (unpaired) electrons. The summed E-state index contributed by atoms with van der Waals surface area (Å²) in [5, 5.41) is 0. The molecule has 1 aromatic carbocycles. The average Bonchev–Trinajstić information content (AvgIpc) is 2.38. The van der Waals surface area contributed by atoms with Gasteiger partial charge < -0.3 is 4.90 Å². The molecule has 0 saturated carbocycles. The maximum atomic E-state index is 5.35. The molecule has 1 atom stereocenters. The van der Waals surface area contributed by atoms with Gasteiger partial charge in [-0.3, -0.25) is 4.84 Å². The van der Waals surface area contributed by atoms with Gasteiger partial charge in [0, 0.05) is 18.8 Å². The van der Waals surface area contributed by atoms with Crippen molar-refractivity contribution in [2.45, 2.75) is 45.6 Å². The Hall–Kier alpha value is -1.06. The molecular formula is C15H24N2O. The Balaban J connectivity index is 2.31. The molecule has 0 amide bonds. The molecule has 2 rings (SSSR count). The van der Waals surface area contributed by atoms with Crippen molar-refractivity contribution in [1.82, 2.24) is 0 Å². The van der Waals surface area contributed by atoms with E-state index in [-0.39, 0.29) is 6.10 Å². The summed E-state index contributed by atoms with van der Waals surface area (Å²) in [5.74, 6) is 5.89. The largest absolute Gasteiger partial charge is 0.368 e. The highest BCUT2D eigenvalue weighted by atomic mass is 16.6. The Labute approximate surface area is 110 Å². The molecule has 0 aromatic heterocycles. The smallest absolute Gasteiger partial charge is 0.0962 e. The molecule has 1 aliphatic rings. The first-order valence-corrected chi connectivity index (χ1v) is 6.83. The van der Waals surface area contributed by atoms with Crippen LogP contribution in [0, 0.1) is 6.92 Å². The zero-order valence-corrected chi connectivity index (χ0v) is 11.6. The van der Waals surface area contributed by atoms with Crippen LogP contribution in [-0.2, 0) is 4.84 Å². The van der Waals surface area contributed by atoms with E-state index in [0.29, 0.717) is 5.92 Å². The molecule has 0 spiro atoms. The quantitative estimate of drug-likeness (QED) is 0.836. The first-order chi connectivity index (χ1) is 8.63.